The van der Waals surface area contributed by atoms with Crippen molar-refractivity contribution in [1.29, 1.82) is 0 Å². The highest BCUT2D eigenvalue weighted by Crippen LogP contribution is 2.33. The summed E-state index contributed by atoms with van der Waals surface area (Å²) in [6.07, 6.45) is 8.90. The molecule has 5 nitrogen and oxygen atoms in total. The topological polar surface area (TPSA) is 66.1 Å². The molecule has 1 aromatic heterocycles. The number of Topliss-reactive ketones (excluding diaryl/α,β-unsaturated/α-hetero) is 1. The van der Waals surface area contributed by atoms with E-state index in [2.05, 4.69) is 10.2 Å². The maximum absolute atomic E-state index is 12.5. The molecule has 2 fully saturated rings. The fourth-order valence-corrected chi connectivity index (χ4v) is 3.41. The Bertz CT molecular complexity index is 469. The molecule has 2 unspecified atom stereocenters. The summed E-state index contributed by atoms with van der Waals surface area (Å²) in [5.41, 5.74) is 0.595. The molecule has 2 atom stereocenters. The molecule has 1 amide bonds. The minimum absolute atomic E-state index is 0.0122. The molecule has 2 aliphatic rings. The number of likely N-dealkylation sites (tertiary alicyclic amines) is 1. The number of carbonyl (C=O) groups is 2. The Morgan fingerprint density at radius 2 is 2.21 bits per heavy atom. The molecule has 102 valence electrons. The lowest BCUT2D eigenvalue weighted by atomic mass is 9.88. The molecule has 0 radical (unpaired) electrons. The molecule has 1 saturated heterocycles. The first-order valence-electron chi connectivity index (χ1n) is 7.10. The number of H-pyrrole nitrogens is 1. The third kappa shape index (κ3) is 2.29. The average molecular weight is 261 g/mol. The lowest BCUT2D eigenvalue weighted by molar-refractivity contribution is -0.122. The molecule has 1 N–H and O–H groups in total. The van der Waals surface area contributed by atoms with Crippen molar-refractivity contribution in [3.63, 3.8) is 0 Å². The van der Waals surface area contributed by atoms with E-state index in [0.717, 1.165) is 38.6 Å². The number of rotatable bonds is 2. The van der Waals surface area contributed by atoms with Gasteiger partial charge in [0, 0.05) is 31.1 Å². The number of amides is 1. The Morgan fingerprint density at radius 1 is 1.32 bits per heavy atom. The minimum atomic E-state index is 0.0122. The van der Waals surface area contributed by atoms with Crippen molar-refractivity contribution in [2.45, 2.75) is 44.6 Å². The van der Waals surface area contributed by atoms with Crippen molar-refractivity contribution in [1.82, 2.24) is 15.1 Å². The van der Waals surface area contributed by atoms with Gasteiger partial charge >= 0.3 is 0 Å². The molecular weight excluding hydrogens is 242 g/mol. The fourth-order valence-electron chi connectivity index (χ4n) is 3.41. The number of aromatic nitrogens is 2. The van der Waals surface area contributed by atoms with Crippen LogP contribution in [0.4, 0.5) is 0 Å². The molecule has 0 bridgehead atoms. The van der Waals surface area contributed by atoms with Crippen molar-refractivity contribution in [2.24, 2.45) is 5.92 Å². The largest absolute Gasteiger partial charge is 0.335 e. The first-order valence-corrected chi connectivity index (χ1v) is 7.10. The van der Waals surface area contributed by atoms with Gasteiger partial charge < -0.3 is 4.90 Å². The zero-order chi connectivity index (χ0) is 13.2. The van der Waals surface area contributed by atoms with E-state index in [-0.39, 0.29) is 17.9 Å². The van der Waals surface area contributed by atoms with E-state index >= 15 is 0 Å². The molecule has 2 heterocycles. The summed E-state index contributed by atoms with van der Waals surface area (Å²) in [4.78, 5) is 26.4. The SMILES string of the molecule is O=C1CCCC1C1CCCCN1C(=O)c1cn[nH]c1. The van der Waals surface area contributed by atoms with Crippen LogP contribution in [-0.4, -0.2) is 39.4 Å². The van der Waals surface area contributed by atoms with Gasteiger partial charge in [-0.3, -0.25) is 14.7 Å². The third-order valence-corrected chi connectivity index (χ3v) is 4.37. The summed E-state index contributed by atoms with van der Waals surface area (Å²) in [7, 11) is 0. The zero-order valence-corrected chi connectivity index (χ0v) is 11.0. The third-order valence-electron chi connectivity index (χ3n) is 4.37. The zero-order valence-electron chi connectivity index (χ0n) is 11.0. The second-order valence-electron chi connectivity index (χ2n) is 5.51. The van der Waals surface area contributed by atoms with Crippen LogP contribution in [0.1, 0.15) is 48.9 Å². The first kappa shape index (κ1) is 12.4. The molecule has 0 aromatic carbocycles. The van der Waals surface area contributed by atoms with E-state index in [9.17, 15) is 9.59 Å². The highest BCUT2D eigenvalue weighted by Gasteiger charge is 2.38. The Hall–Kier alpha value is -1.65. The molecule has 1 aromatic rings. The van der Waals surface area contributed by atoms with Crippen molar-refractivity contribution in [3.05, 3.63) is 18.0 Å². The second-order valence-corrected chi connectivity index (χ2v) is 5.51. The minimum Gasteiger partial charge on any atom is -0.335 e. The number of hydrogen-bond donors (Lipinski definition) is 1. The molecule has 1 aliphatic carbocycles. The van der Waals surface area contributed by atoms with Gasteiger partial charge in [0.15, 0.2) is 0 Å². The Labute approximate surface area is 112 Å². The van der Waals surface area contributed by atoms with Crippen LogP contribution in [0.3, 0.4) is 0 Å². The number of carbonyl (C=O) groups excluding carboxylic acids is 2. The summed E-state index contributed by atoms with van der Waals surface area (Å²) in [6, 6.07) is 0.103. The van der Waals surface area contributed by atoms with E-state index in [4.69, 9.17) is 0 Å². The number of hydrogen-bond acceptors (Lipinski definition) is 3. The Morgan fingerprint density at radius 3 is 2.89 bits per heavy atom. The van der Waals surface area contributed by atoms with Crippen LogP contribution in [0.15, 0.2) is 12.4 Å². The number of piperidine rings is 1. The van der Waals surface area contributed by atoms with Crippen LogP contribution in [-0.2, 0) is 4.79 Å². The van der Waals surface area contributed by atoms with Crippen LogP contribution in [0.25, 0.3) is 0 Å². The van der Waals surface area contributed by atoms with Gasteiger partial charge in [0.25, 0.3) is 5.91 Å². The van der Waals surface area contributed by atoms with E-state index in [0.29, 0.717) is 17.8 Å². The Kier molecular flexibility index (Phi) is 3.36. The first-order chi connectivity index (χ1) is 9.27. The van der Waals surface area contributed by atoms with Gasteiger partial charge in [-0.2, -0.15) is 5.10 Å². The van der Waals surface area contributed by atoms with Gasteiger partial charge in [-0.15, -0.1) is 0 Å². The molecular formula is C14H19N3O2. The van der Waals surface area contributed by atoms with Crippen molar-refractivity contribution < 1.29 is 9.59 Å². The summed E-state index contributed by atoms with van der Waals surface area (Å²) in [6.45, 7) is 0.762. The summed E-state index contributed by atoms with van der Waals surface area (Å²) in [5, 5.41) is 6.51. The molecule has 1 aliphatic heterocycles. The normalized spacial score (nSPS) is 27.8. The maximum atomic E-state index is 12.5. The molecule has 5 heteroatoms. The summed E-state index contributed by atoms with van der Waals surface area (Å²) < 4.78 is 0. The van der Waals surface area contributed by atoms with E-state index in [1.807, 2.05) is 4.90 Å². The number of aromatic amines is 1. The lowest BCUT2D eigenvalue weighted by Gasteiger charge is -2.38. The van der Waals surface area contributed by atoms with Crippen LogP contribution in [0.2, 0.25) is 0 Å². The van der Waals surface area contributed by atoms with Crippen LogP contribution in [0.5, 0.6) is 0 Å². The lowest BCUT2D eigenvalue weighted by Crippen LogP contribution is -2.48. The van der Waals surface area contributed by atoms with Crippen LogP contribution < -0.4 is 0 Å². The van der Waals surface area contributed by atoms with E-state index in [1.54, 1.807) is 12.4 Å². The Balaban J connectivity index is 1.81. The van der Waals surface area contributed by atoms with Crippen LogP contribution in [0, 0.1) is 5.92 Å². The molecule has 3 rings (SSSR count). The molecule has 1 saturated carbocycles. The summed E-state index contributed by atoms with van der Waals surface area (Å²) in [5.74, 6) is 0.422. The monoisotopic (exact) mass is 261 g/mol. The fraction of sp³-hybridized carbons (Fsp3) is 0.643. The predicted molar refractivity (Wildman–Crippen MR) is 69.6 cm³/mol. The second kappa shape index (κ2) is 5.15. The summed E-state index contributed by atoms with van der Waals surface area (Å²) >= 11 is 0. The highest BCUT2D eigenvalue weighted by atomic mass is 16.2. The van der Waals surface area contributed by atoms with Crippen LogP contribution >= 0.6 is 0 Å². The maximum Gasteiger partial charge on any atom is 0.257 e. The smallest absolute Gasteiger partial charge is 0.257 e. The number of ketones is 1. The van der Waals surface area contributed by atoms with Gasteiger partial charge in [-0.05, 0) is 32.1 Å². The highest BCUT2D eigenvalue weighted by molar-refractivity contribution is 5.94. The van der Waals surface area contributed by atoms with Crippen molar-refractivity contribution in [2.75, 3.05) is 6.54 Å². The van der Waals surface area contributed by atoms with Gasteiger partial charge in [0.1, 0.15) is 5.78 Å². The van der Waals surface area contributed by atoms with Crippen molar-refractivity contribution in [3.8, 4) is 0 Å². The predicted octanol–water partition coefficient (Wildman–Crippen LogP) is 1.77. The van der Waals surface area contributed by atoms with Gasteiger partial charge in [-0.1, -0.05) is 0 Å². The van der Waals surface area contributed by atoms with Gasteiger partial charge in [0.05, 0.1) is 11.8 Å². The van der Waals surface area contributed by atoms with Gasteiger partial charge in [0.2, 0.25) is 0 Å². The number of nitrogens with zero attached hydrogens (tertiary/aromatic N) is 2. The van der Waals surface area contributed by atoms with E-state index in [1.165, 1.54) is 0 Å². The van der Waals surface area contributed by atoms with E-state index < -0.39 is 0 Å². The van der Waals surface area contributed by atoms with Gasteiger partial charge in [-0.25, -0.2) is 0 Å². The van der Waals surface area contributed by atoms with Crippen molar-refractivity contribution >= 4 is 11.7 Å². The molecule has 19 heavy (non-hydrogen) atoms. The average Bonchev–Trinajstić information content (AvgIpc) is 3.09. The molecule has 0 spiro atoms. The quantitative estimate of drug-likeness (QED) is 0.882. The number of nitrogens with one attached hydrogen (secondary N) is 1. The standard InChI is InChI=1S/C14H19N3O2/c18-13-6-3-4-11(13)12-5-1-2-7-17(12)14(19)10-8-15-16-9-10/h8-9,11-12H,1-7H2,(H,15,16).